The van der Waals surface area contributed by atoms with Gasteiger partial charge in [0.05, 0.1) is 0 Å². The number of aryl methyl sites for hydroxylation is 2. The lowest BCUT2D eigenvalue weighted by Gasteiger charge is -2.39. The van der Waals surface area contributed by atoms with Gasteiger partial charge in [0, 0.05) is 29.8 Å². The third-order valence-corrected chi connectivity index (χ3v) is 6.19. The summed E-state index contributed by atoms with van der Waals surface area (Å²) in [5.41, 5.74) is 5.72. The van der Waals surface area contributed by atoms with Crippen LogP contribution >= 0.6 is 0 Å². The molecule has 140 valence electrons. The molecular weight excluding hydrogens is 332 g/mol. The molecule has 0 saturated carbocycles. The Bertz CT molecular complexity index is 878. The zero-order valence-corrected chi connectivity index (χ0v) is 16.4. The van der Waals surface area contributed by atoms with Gasteiger partial charge in [0.25, 0.3) is 5.91 Å². The molecule has 2 aromatic rings. The largest absolute Gasteiger partial charge is 0.307 e. The zero-order valence-electron chi connectivity index (χ0n) is 16.4. The van der Waals surface area contributed by atoms with Crippen LogP contribution in [0.2, 0.25) is 0 Å². The molecule has 1 amide bonds. The van der Waals surface area contributed by atoms with Crippen LogP contribution in [0.5, 0.6) is 0 Å². The molecule has 0 unspecified atom stereocenters. The number of carbonyl (C=O) groups is 1. The summed E-state index contributed by atoms with van der Waals surface area (Å²) in [7, 11) is 0. The summed E-state index contributed by atoms with van der Waals surface area (Å²) in [4.78, 5) is 17.8. The van der Waals surface area contributed by atoms with Gasteiger partial charge in [0.15, 0.2) is 0 Å². The Morgan fingerprint density at radius 1 is 1.11 bits per heavy atom. The van der Waals surface area contributed by atoms with Crippen LogP contribution in [-0.2, 0) is 5.41 Å². The van der Waals surface area contributed by atoms with Crippen LogP contribution in [0, 0.1) is 13.8 Å². The van der Waals surface area contributed by atoms with E-state index in [1.807, 2.05) is 42.2 Å². The minimum Gasteiger partial charge on any atom is -0.307 e. The van der Waals surface area contributed by atoms with Crippen molar-refractivity contribution in [2.75, 3.05) is 31.1 Å². The molecule has 0 N–H and O–H groups in total. The van der Waals surface area contributed by atoms with Crippen molar-refractivity contribution in [1.82, 2.24) is 4.90 Å². The van der Waals surface area contributed by atoms with Gasteiger partial charge in [0.1, 0.15) is 0 Å². The number of fused-ring (bicyclic) bond motifs is 2. The number of amides is 1. The summed E-state index contributed by atoms with van der Waals surface area (Å²) in [6, 6.07) is 14.5. The van der Waals surface area contributed by atoms with E-state index in [0.29, 0.717) is 0 Å². The first kappa shape index (κ1) is 18.0. The van der Waals surface area contributed by atoms with Gasteiger partial charge in [-0.1, -0.05) is 41.5 Å². The predicted octanol–water partition coefficient (Wildman–Crippen LogP) is 4.48. The van der Waals surface area contributed by atoms with E-state index in [4.69, 9.17) is 0 Å². The van der Waals surface area contributed by atoms with Gasteiger partial charge in [-0.3, -0.25) is 9.69 Å². The smallest absolute Gasteiger partial charge is 0.258 e. The van der Waals surface area contributed by atoms with Crippen LogP contribution in [0.3, 0.4) is 0 Å². The van der Waals surface area contributed by atoms with Gasteiger partial charge >= 0.3 is 0 Å². The number of carbonyl (C=O) groups excluding carboxylic acids is 1. The van der Waals surface area contributed by atoms with E-state index in [1.54, 1.807) is 0 Å². The molecule has 0 radical (unpaired) electrons. The average molecular weight is 361 g/mol. The Labute approximate surface area is 162 Å². The molecule has 3 nitrogen and oxygen atoms in total. The highest BCUT2D eigenvalue weighted by atomic mass is 16.2. The number of likely N-dealkylation sites (tertiary alicyclic amines) is 1. The normalized spacial score (nSPS) is 18.5. The molecule has 2 aliphatic heterocycles. The summed E-state index contributed by atoms with van der Waals surface area (Å²) in [5.74, 6) is 0.120. The molecule has 1 fully saturated rings. The molecule has 3 heteroatoms. The third kappa shape index (κ3) is 3.21. The SMILES string of the molecule is C=CCN1CCC2(CC1)CN(C(=O)c1cccc(C)c1)c1ccc(C)cc12. The standard InChI is InChI=1S/C24H28N2O/c1-4-12-25-13-10-24(11-14-25)17-26(22-9-8-19(3)16-21(22)24)23(27)20-7-5-6-18(2)15-20/h4-9,15-16H,1,10-14,17H2,2-3H3. The quantitative estimate of drug-likeness (QED) is 0.753. The zero-order chi connectivity index (χ0) is 19.0. The third-order valence-electron chi connectivity index (χ3n) is 6.19. The topological polar surface area (TPSA) is 23.6 Å². The maximum Gasteiger partial charge on any atom is 0.258 e. The van der Waals surface area contributed by atoms with Gasteiger partial charge in [-0.05, 0) is 63.5 Å². The number of piperidine rings is 1. The second kappa shape index (κ2) is 6.97. The second-order valence-corrected chi connectivity index (χ2v) is 8.15. The van der Waals surface area contributed by atoms with Crippen molar-refractivity contribution in [3.63, 3.8) is 0 Å². The molecular formula is C24H28N2O. The summed E-state index contributed by atoms with van der Waals surface area (Å²) >= 11 is 0. The Kier molecular flexibility index (Phi) is 4.65. The van der Waals surface area contributed by atoms with E-state index in [1.165, 1.54) is 11.1 Å². The Morgan fingerprint density at radius 2 is 1.85 bits per heavy atom. The monoisotopic (exact) mass is 360 g/mol. The number of hydrogen-bond acceptors (Lipinski definition) is 2. The molecule has 0 aliphatic carbocycles. The number of rotatable bonds is 3. The Balaban J connectivity index is 1.68. The van der Waals surface area contributed by atoms with Gasteiger partial charge in [-0.2, -0.15) is 0 Å². The van der Waals surface area contributed by atoms with E-state index in [0.717, 1.165) is 55.8 Å². The van der Waals surface area contributed by atoms with E-state index < -0.39 is 0 Å². The van der Waals surface area contributed by atoms with Gasteiger partial charge in [-0.15, -0.1) is 6.58 Å². The number of hydrogen-bond donors (Lipinski definition) is 0. The number of anilines is 1. The number of benzene rings is 2. The lowest BCUT2D eigenvalue weighted by atomic mass is 9.74. The Morgan fingerprint density at radius 3 is 2.56 bits per heavy atom. The first-order valence-corrected chi connectivity index (χ1v) is 9.85. The molecule has 27 heavy (non-hydrogen) atoms. The highest BCUT2D eigenvalue weighted by Crippen LogP contribution is 2.47. The fraction of sp³-hybridized carbons (Fsp3) is 0.375. The maximum atomic E-state index is 13.3. The summed E-state index contributed by atoms with van der Waals surface area (Å²) in [5, 5.41) is 0. The van der Waals surface area contributed by atoms with Crippen LogP contribution in [0.25, 0.3) is 0 Å². The first-order valence-electron chi connectivity index (χ1n) is 9.85. The molecule has 0 bridgehead atoms. The van der Waals surface area contributed by atoms with Crippen molar-refractivity contribution in [2.24, 2.45) is 0 Å². The van der Waals surface area contributed by atoms with Crippen molar-refractivity contribution in [3.8, 4) is 0 Å². The highest BCUT2D eigenvalue weighted by Gasteiger charge is 2.46. The fourth-order valence-electron chi connectivity index (χ4n) is 4.67. The van der Waals surface area contributed by atoms with Crippen molar-refractivity contribution in [1.29, 1.82) is 0 Å². The summed E-state index contributed by atoms with van der Waals surface area (Å²) in [6.07, 6.45) is 4.17. The average Bonchev–Trinajstić information content (AvgIpc) is 2.97. The van der Waals surface area contributed by atoms with E-state index in [2.05, 4.69) is 36.6 Å². The summed E-state index contributed by atoms with van der Waals surface area (Å²) < 4.78 is 0. The lowest BCUT2D eigenvalue weighted by Crippen LogP contribution is -2.46. The molecule has 0 atom stereocenters. The molecule has 1 spiro atoms. The van der Waals surface area contributed by atoms with Crippen LogP contribution in [0.15, 0.2) is 55.1 Å². The van der Waals surface area contributed by atoms with Crippen LogP contribution in [0.1, 0.15) is 39.9 Å². The van der Waals surface area contributed by atoms with Crippen LogP contribution in [0.4, 0.5) is 5.69 Å². The molecule has 2 aliphatic rings. The summed E-state index contributed by atoms with van der Waals surface area (Å²) in [6.45, 7) is 11.9. The minimum absolute atomic E-state index is 0.0819. The maximum absolute atomic E-state index is 13.3. The molecule has 0 aromatic heterocycles. The van der Waals surface area contributed by atoms with Gasteiger partial charge in [-0.25, -0.2) is 0 Å². The lowest BCUT2D eigenvalue weighted by molar-refractivity contribution is 0.0977. The van der Waals surface area contributed by atoms with Crippen molar-refractivity contribution >= 4 is 11.6 Å². The minimum atomic E-state index is 0.0819. The molecule has 1 saturated heterocycles. The van der Waals surface area contributed by atoms with E-state index in [9.17, 15) is 4.79 Å². The van der Waals surface area contributed by atoms with Crippen LogP contribution < -0.4 is 4.90 Å². The van der Waals surface area contributed by atoms with Crippen molar-refractivity contribution in [2.45, 2.75) is 32.1 Å². The van der Waals surface area contributed by atoms with E-state index in [-0.39, 0.29) is 11.3 Å². The predicted molar refractivity (Wildman–Crippen MR) is 112 cm³/mol. The van der Waals surface area contributed by atoms with Gasteiger partial charge in [0.2, 0.25) is 0 Å². The molecule has 2 heterocycles. The molecule has 4 rings (SSSR count). The highest BCUT2D eigenvalue weighted by molar-refractivity contribution is 6.07. The fourth-order valence-corrected chi connectivity index (χ4v) is 4.67. The van der Waals surface area contributed by atoms with Crippen LogP contribution in [-0.4, -0.2) is 37.0 Å². The van der Waals surface area contributed by atoms with Gasteiger partial charge < -0.3 is 4.90 Å². The van der Waals surface area contributed by atoms with Crippen molar-refractivity contribution < 1.29 is 4.79 Å². The second-order valence-electron chi connectivity index (χ2n) is 8.15. The number of nitrogens with zero attached hydrogens (tertiary/aromatic N) is 2. The van der Waals surface area contributed by atoms with Crippen molar-refractivity contribution in [3.05, 3.63) is 77.4 Å². The first-order chi connectivity index (χ1) is 13.0. The Hall–Kier alpha value is -2.39. The molecule has 2 aromatic carbocycles. The van der Waals surface area contributed by atoms with E-state index >= 15 is 0 Å².